The number of benzene rings is 2. The van der Waals surface area contributed by atoms with E-state index in [9.17, 15) is 9.59 Å². The maximum Gasteiger partial charge on any atom is 0.292 e. The van der Waals surface area contributed by atoms with Crippen LogP contribution in [-0.2, 0) is 0 Å². The van der Waals surface area contributed by atoms with Crippen LogP contribution in [0.3, 0.4) is 0 Å². The summed E-state index contributed by atoms with van der Waals surface area (Å²) in [5.74, 6) is -0.0982. The summed E-state index contributed by atoms with van der Waals surface area (Å²) < 4.78 is 1.28. The molecule has 8 heteroatoms. The van der Waals surface area contributed by atoms with E-state index in [1.165, 1.54) is 4.68 Å². The molecule has 0 aliphatic carbocycles. The fraction of sp³-hybridized carbons (Fsp3) is 0.190. The summed E-state index contributed by atoms with van der Waals surface area (Å²) in [6.07, 6.45) is 1.60. The van der Waals surface area contributed by atoms with Gasteiger partial charge in [-0.3, -0.25) is 9.59 Å². The molecule has 0 radical (unpaired) electrons. The Morgan fingerprint density at radius 2 is 1.55 bits per heavy atom. The Hall–Kier alpha value is -2.83. The van der Waals surface area contributed by atoms with Crippen LogP contribution in [0, 0.1) is 0 Å². The first-order chi connectivity index (χ1) is 14.1. The monoisotopic (exact) mass is 428 g/mol. The van der Waals surface area contributed by atoms with Gasteiger partial charge in [-0.2, -0.15) is 9.78 Å². The van der Waals surface area contributed by atoms with Gasteiger partial charge in [0.15, 0.2) is 0 Å². The van der Waals surface area contributed by atoms with Gasteiger partial charge in [0.25, 0.3) is 11.5 Å². The van der Waals surface area contributed by atoms with Crippen molar-refractivity contribution >= 4 is 34.8 Å². The fourth-order valence-corrected chi connectivity index (χ4v) is 3.82. The van der Waals surface area contributed by atoms with Gasteiger partial charge in [-0.05, 0) is 24.3 Å². The quantitative estimate of drug-likeness (QED) is 0.640. The number of aromatic nitrogens is 2. The number of anilines is 1. The second kappa shape index (κ2) is 8.27. The van der Waals surface area contributed by atoms with Gasteiger partial charge in [-0.1, -0.05) is 53.5 Å². The van der Waals surface area contributed by atoms with Crippen LogP contribution in [0.5, 0.6) is 0 Å². The summed E-state index contributed by atoms with van der Waals surface area (Å²) >= 11 is 12.5. The lowest BCUT2D eigenvalue weighted by molar-refractivity contribution is 0.0747. The molecule has 1 saturated heterocycles. The zero-order valence-corrected chi connectivity index (χ0v) is 17.0. The molecular formula is C21H18Cl2N4O2. The highest BCUT2D eigenvalue weighted by atomic mass is 35.5. The maximum absolute atomic E-state index is 12.7. The molecule has 1 amide bonds. The van der Waals surface area contributed by atoms with E-state index < -0.39 is 0 Å². The number of carbonyl (C=O) groups is 1. The molecule has 29 heavy (non-hydrogen) atoms. The van der Waals surface area contributed by atoms with E-state index in [4.69, 9.17) is 23.2 Å². The molecular weight excluding hydrogens is 411 g/mol. The lowest BCUT2D eigenvalue weighted by atomic mass is 10.1. The molecule has 4 rings (SSSR count). The maximum atomic E-state index is 12.7. The fourth-order valence-electron chi connectivity index (χ4n) is 3.35. The molecule has 0 bridgehead atoms. The van der Waals surface area contributed by atoms with Crippen LogP contribution < -0.4 is 10.5 Å². The molecule has 1 fully saturated rings. The van der Waals surface area contributed by atoms with E-state index in [1.807, 2.05) is 23.1 Å². The van der Waals surface area contributed by atoms with Crippen molar-refractivity contribution in [2.45, 2.75) is 0 Å². The summed E-state index contributed by atoms with van der Waals surface area (Å²) in [7, 11) is 0. The van der Waals surface area contributed by atoms with Crippen LogP contribution in [0.25, 0.3) is 5.69 Å². The van der Waals surface area contributed by atoms with Gasteiger partial charge in [0.1, 0.15) is 5.02 Å². The molecule has 0 N–H and O–H groups in total. The number of rotatable bonds is 3. The van der Waals surface area contributed by atoms with Gasteiger partial charge < -0.3 is 9.80 Å². The van der Waals surface area contributed by atoms with Gasteiger partial charge in [0, 0.05) is 26.2 Å². The molecule has 0 unspecified atom stereocenters. The lowest BCUT2D eigenvalue weighted by Crippen LogP contribution is -2.49. The van der Waals surface area contributed by atoms with E-state index in [0.29, 0.717) is 48.1 Å². The number of halogens is 2. The Morgan fingerprint density at radius 3 is 2.24 bits per heavy atom. The average Bonchev–Trinajstić information content (AvgIpc) is 2.76. The van der Waals surface area contributed by atoms with Crippen molar-refractivity contribution in [2.24, 2.45) is 0 Å². The van der Waals surface area contributed by atoms with Crippen LogP contribution >= 0.6 is 23.2 Å². The van der Waals surface area contributed by atoms with Gasteiger partial charge in [-0.25, -0.2) is 0 Å². The minimum absolute atomic E-state index is 0.0982. The van der Waals surface area contributed by atoms with E-state index in [2.05, 4.69) is 5.10 Å². The smallest absolute Gasteiger partial charge is 0.292 e. The Labute approximate surface area is 177 Å². The van der Waals surface area contributed by atoms with E-state index in [-0.39, 0.29) is 16.5 Å². The molecule has 3 aromatic rings. The van der Waals surface area contributed by atoms with Crippen LogP contribution in [0.4, 0.5) is 5.69 Å². The number of nitrogens with zero attached hydrogens (tertiary/aromatic N) is 4. The summed E-state index contributed by atoms with van der Waals surface area (Å²) in [6.45, 7) is 2.10. The molecule has 148 valence electrons. The van der Waals surface area contributed by atoms with Gasteiger partial charge in [0.2, 0.25) is 0 Å². The second-order valence-electron chi connectivity index (χ2n) is 6.66. The molecule has 1 aliphatic heterocycles. The second-order valence-corrected chi connectivity index (χ2v) is 7.44. The minimum Gasteiger partial charge on any atom is -0.365 e. The van der Waals surface area contributed by atoms with Gasteiger partial charge >= 0.3 is 0 Å². The van der Waals surface area contributed by atoms with Crippen LogP contribution in [0.1, 0.15) is 10.4 Å². The normalized spacial score (nSPS) is 14.1. The molecule has 2 heterocycles. The van der Waals surface area contributed by atoms with Crippen molar-refractivity contribution in [2.75, 3.05) is 31.1 Å². The number of carbonyl (C=O) groups excluding carboxylic acids is 1. The molecule has 0 atom stereocenters. The van der Waals surface area contributed by atoms with Gasteiger partial charge in [0.05, 0.1) is 28.2 Å². The third-order valence-electron chi connectivity index (χ3n) is 4.91. The SMILES string of the molecule is O=C(c1ccccc1Cl)N1CCN(c2cnn(-c3ccccc3)c(=O)c2Cl)CC1. The number of para-hydroxylation sites is 1. The Kier molecular flexibility index (Phi) is 5.56. The summed E-state index contributed by atoms with van der Waals surface area (Å²) in [5, 5.41) is 4.84. The predicted octanol–water partition coefficient (Wildman–Crippen LogP) is 3.50. The number of amides is 1. The highest BCUT2D eigenvalue weighted by Crippen LogP contribution is 2.24. The third kappa shape index (κ3) is 3.86. The van der Waals surface area contributed by atoms with Crippen molar-refractivity contribution in [3.05, 3.63) is 86.8 Å². The van der Waals surface area contributed by atoms with Crippen molar-refractivity contribution < 1.29 is 4.79 Å². The summed E-state index contributed by atoms with van der Waals surface area (Å²) in [4.78, 5) is 29.1. The highest BCUT2D eigenvalue weighted by Gasteiger charge is 2.25. The first-order valence-electron chi connectivity index (χ1n) is 9.18. The first-order valence-corrected chi connectivity index (χ1v) is 9.94. The number of piperazine rings is 1. The molecule has 1 aromatic heterocycles. The van der Waals surface area contributed by atoms with Crippen LogP contribution in [0.15, 0.2) is 65.6 Å². The van der Waals surface area contributed by atoms with Crippen molar-refractivity contribution in [1.29, 1.82) is 0 Å². The molecule has 0 spiro atoms. The standard InChI is InChI=1S/C21H18Cl2N4O2/c22-17-9-5-4-8-16(17)20(28)26-12-10-25(11-13-26)18-14-24-27(21(29)19(18)23)15-6-2-1-3-7-15/h1-9,14H,10-13H2. The molecule has 6 nitrogen and oxygen atoms in total. The van der Waals surface area contributed by atoms with Gasteiger partial charge in [-0.15, -0.1) is 0 Å². The Balaban J connectivity index is 1.50. The van der Waals surface area contributed by atoms with E-state index in [1.54, 1.807) is 47.5 Å². The summed E-state index contributed by atoms with van der Waals surface area (Å²) in [6, 6.07) is 16.1. The zero-order valence-electron chi connectivity index (χ0n) is 15.5. The van der Waals surface area contributed by atoms with Crippen molar-refractivity contribution in [3.63, 3.8) is 0 Å². The molecule has 1 aliphatic rings. The third-order valence-corrected chi connectivity index (χ3v) is 5.60. The Bertz CT molecular complexity index is 1090. The van der Waals surface area contributed by atoms with E-state index in [0.717, 1.165) is 0 Å². The molecule has 2 aromatic carbocycles. The first kappa shape index (κ1) is 19.5. The topological polar surface area (TPSA) is 58.4 Å². The van der Waals surface area contributed by atoms with Crippen LogP contribution in [0.2, 0.25) is 10.0 Å². The lowest BCUT2D eigenvalue weighted by Gasteiger charge is -2.36. The number of hydrogen-bond acceptors (Lipinski definition) is 4. The largest absolute Gasteiger partial charge is 0.365 e. The van der Waals surface area contributed by atoms with Crippen LogP contribution in [-0.4, -0.2) is 46.8 Å². The average molecular weight is 429 g/mol. The van der Waals surface area contributed by atoms with Crippen molar-refractivity contribution in [3.8, 4) is 5.69 Å². The predicted molar refractivity (Wildman–Crippen MR) is 114 cm³/mol. The van der Waals surface area contributed by atoms with Crippen molar-refractivity contribution in [1.82, 2.24) is 14.7 Å². The van der Waals surface area contributed by atoms with E-state index >= 15 is 0 Å². The highest BCUT2D eigenvalue weighted by molar-refractivity contribution is 6.34. The molecule has 0 saturated carbocycles. The zero-order chi connectivity index (χ0) is 20.4. The minimum atomic E-state index is -0.370. The summed E-state index contributed by atoms with van der Waals surface area (Å²) in [5.41, 5.74) is 1.35. The Morgan fingerprint density at radius 1 is 0.897 bits per heavy atom. The number of hydrogen-bond donors (Lipinski definition) is 0.